The Balaban J connectivity index is 2.30. The maximum absolute atomic E-state index is 13.5. The number of aryl methyl sites for hydroxylation is 1. The second kappa shape index (κ2) is 7.78. The third-order valence-electron chi connectivity index (χ3n) is 2.81. The van der Waals surface area contributed by atoms with Crippen LogP contribution in [0.2, 0.25) is 0 Å². The molecule has 0 fully saturated rings. The van der Waals surface area contributed by atoms with Crippen LogP contribution in [0.25, 0.3) is 0 Å². The van der Waals surface area contributed by atoms with Gasteiger partial charge in [-0.3, -0.25) is 4.98 Å². The van der Waals surface area contributed by atoms with Gasteiger partial charge < -0.3 is 0 Å². The van der Waals surface area contributed by atoms with E-state index in [1.165, 1.54) is 37.9 Å². The van der Waals surface area contributed by atoms with Crippen molar-refractivity contribution >= 4 is 0 Å². The first kappa shape index (κ1) is 13.6. The summed E-state index contributed by atoms with van der Waals surface area (Å²) in [6.45, 7) is 2.19. The summed E-state index contributed by atoms with van der Waals surface area (Å²) in [7, 11) is 0. The van der Waals surface area contributed by atoms with Crippen molar-refractivity contribution in [2.45, 2.75) is 51.9 Å². The van der Waals surface area contributed by atoms with Crippen molar-refractivity contribution in [2.75, 3.05) is 0 Å². The maximum Gasteiger partial charge on any atom is 0.145 e. The summed E-state index contributed by atoms with van der Waals surface area (Å²) in [5.41, 5.74) is 0.772. The number of rotatable bonds is 7. The SMILES string of the molecule is CCCCCCCCc1ncc(C#N)cc1F. The summed E-state index contributed by atoms with van der Waals surface area (Å²) in [5, 5.41) is 8.59. The van der Waals surface area contributed by atoms with Gasteiger partial charge in [0.1, 0.15) is 11.9 Å². The van der Waals surface area contributed by atoms with E-state index in [4.69, 9.17) is 5.26 Å². The monoisotopic (exact) mass is 234 g/mol. The van der Waals surface area contributed by atoms with Crippen LogP contribution >= 0.6 is 0 Å². The van der Waals surface area contributed by atoms with Crippen LogP contribution in [-0.4, -0.2) is 4.98 Å². The average Bonchev–Trinajstić information content (AvgIpc) is 2.35. The smallest absolute Gasteiger partial charge is 0.145 e. The van der Waals surface area contributed by atoms with Crippen LogP contribution < -0.4 is 0 Å². The number of hydrogen-bond acceptors (Lipinski definition) is 2. The minimum absolute atomic E-state index is 0.286. The van der Waals surface area contributed by atoms with E-state index in [1.54, 1.807) is 0 Å². The molecule has 0 aromatic carbocycles. The van der Waals surface area contributed by atoms with E-state index in [-0.39, 0.29) is 11.4 Å². The quantitative estimate of drug-likeness (QED) is 0.669. The van der Waals surface area contributed by atoms with E-state index in [2.05, 4.69) is 11.9 Å². The van der Waals surface area contributed by atoms with E-state index in [0.29, 0.717) is 12.1 Å². The first-order valence-corrected chi connectivity index (χ1v) is 6.32. The highest BCUT2D eigenvalue weighted by Crippen LogP contribution is 2.12. The standard InChI is InChI=1S/C14H19FN2/c1-2-3-4-5-6-7-8-14-13(15)9-12(10-16)11-17-14/h9,11H,2-8H2,1H3. The highest BCUT2D eigenvalue weighted by atomic mass is 19.1. The van der Waals surface area contributed by atoms with Gasteiger partial charge >= 0.3 is 0 Å². The third kappa shape index (κ3) is 4.95. The summed E-state index contributed by atoms with van der Waals surface area (Å²) in [6.07, 6.45) is 9.21. The Kier molecular flexibility index (Phi) is 6.24. The Labute approximate surface area is 102 Å². The summed E-state index contributed by atoms with van der Waals surface area (Å²) < 4.78 is 13.5. The van der Waals surface area contributed by atoms with E-state index in [9.17, 15) is 4.39 Å². The van der Waals surface area contributed by atoms with Gasteiger partial charge in [0.2, 0.25) is 0 Å². The van der Waals surface area contributed by atoms with Crippen LogP contribution in [-0.2, 0) is 6.42 Å². The molecule has 2 nitrogen and oxygen atoms in total. The Hall–Kier alpha value is -1.43. The van der Waals surface area contributed by atoms with E-state index in [1.807, 2.05) is 6.07 Å². The minimum Gasteiger partial charge on any atom is -0.257 e. The molecule has 0 atom stereocenters. The molecule has 0 N–H and O–H groups in total. The lowest BCUT2D eigenvalue weighted by molar-refractivity contribution is 0.570. The van der Waals surface area contributed by atoms with Gasteiger partial charge in [0, 0.05) is 6.20 Å². The third-order valence-corrected chi connectivity index (χ3v) is 2.81. The number of pyridine rings is 1. The highest BCUT2D eigenvalue weighted by Gasteiger charge is 2.04. The van der Waals surface area contributed by atoms with Gasteiger partial charge in [-0.15, -0.1) is 0 Å². The van der Waals surface area contributed by atoms with Crippen LogP contribution in [0.15, 0.2) is 12.3 Å². The zero-order valence-electron chi connectivity index (χ0n) is 10.4. The van der Waals surface area contributed by atoms with Crippen LogP contribution in [0.3, 0.4) is 0 Å². The van der Waals surface area contributed by atoms with Crippen LogP contribution in [0.1, 0.15) is 56.7 Å². The lowest BCUT2D eigenvalue weighted by atomic mass is 10.1. The van der Waals surface area contributed by atoms with Gasteiger partial charge in [0.15, 0.2) is 0 Å². The molecule has 1 aromatic heterocycles. The normalized spacial score (nSPS) is 10.2. The number of nitrogens with zero attached hydrogens (tertiary/aromatic N) is 2. The average molecular weight is 234 g/mol. The minimum atomic E-state index is -0.349. The molecule has 1 rings (SSSR count). The zero-order valence-corrected chi connectivity index (χ0v) is 10.4. The fourth-order valence-electron chi connectivity index (χ4n) is 1.78. The van der Waals surface area contributed by atoms with Gasteiger partial charge in [-0.2, -0.15) is 5.26 Å². The molecule has 0 radical (unpaired) electrons. The largest absolute Gasteiger partial charge is 0.257 e. The van der Waals surface area contributed by atoms with E-state index in [0.717, 1.165) is 12.8 Å². The fourth-order valence-corrected chi connectivity index (χ4v) is 1.78. The molecule has 0 spiro atoms. The maximum atomic E-state index is 13.5. The molecule has 0 aliphatic rings. The molecular formula is C14H19FN2. The molecule has 0 unspecified atom stereocenters. The molecule has 0 saturated carbocycles. The Morgan fingerprint density at radius 3 is 2.59 bits per heavy atom. The van der Waals surface area contributed by atoms with Crippen molar-refractivity contribution in [3.63, 3.8) is 0 Å². The van der Waals surface area contributed by atoms with Crippen molar-refractivity contribution in [2.24, 2.45) is 0 Å². The molecule has 1 aromatic rings. The Bertz CT molecular complexity index is 382. The second-order valence-electron chi connectivity index (χ2n) is 4.28. The summed E-state index contributed by atoms with van der Waals surface area (Å²) in [6, 6.07) is 3.15. The molecule has 3 heteroatoms. The van der Waals surface area contributed by atoms with Gasteiger partial charge in [-0.25, -0.2) is 4.39 Å². The van der Waals surface area contributed by atoms with Gasteiger partial charge in [-0.1, -0.05) is 39.0 Å². The molecule has 92 valence electrons. The molecule has 1 heterocycles. The molecule has 17 heavy (non-hydrogen) atoms. The molecule has 0 bridgehead atoms. The summed E-state index contributed by atoms with van der Waals surface area (Å²) in [5.74, 6) is -0.349. The van der Waals surface area contributed by atoms with Crippen molar-refractivity contribution in [1.82, 2.24) is 4.98 Å². The van der Waals surface area contributed by atoms with Crippen LogP contribution in [0.5, 0.6) is 0 Å². The van der Waals surface area contributed by atoms with Gasteiger partial charge in [0.25, 0.3) is 0 Å². The van der Waals surface area contributed by atoms with Gasteiger partial charge in [-0.05, 0) is 18.9 Å². The topological polar surface area (TPSA) is 36.7 Å². The summed E-state index contributed by atoms with van der Waals surface area (Å²) in [4.78, 5) is 3.99. The first-order valence-electron chi connectivity index (χ1n) is 6.32. The van der Waals surface area contributed by atoms with E-state index < -0.39 is 0 Å². The Morgan fingerprint density at radius 2 is 1.94 bits per heavy atom. The molecule has 0 aliphatic heterocycles. The lowest BCUT2D eigenvalue weighted by Crippen LogP contribution is -1.96. The fraction of sp³-hybridized carbons (Fsp3) is 0.571. The van der Waals surface area contributed by atoms with Crippen LogP contribution in [0.4, 0.5) is 4.39 Å². The van der Waals surface area contributed by atoms with Crippen molar-refractivity contribution in [1.29, 1.82) is 5.26 Å². The molecular weight excluding hydrogens is 215 g/mol. The molecule has 0 saturated heterocycles. The number of nitriles is 1. The summed E-state index contributed by atoms with van der Waals surface area (Å²) >= 11 is 0. The van der Waals surface area contributed by atoms with Gasteiger partial charge in [0.05, 0.1) is 11.3 Å². The molecule has 0 aliphatic carbocycles. The van der Waals surface area contributed by atoms with Crippen molar-refractivity contribution in [3.05, 3.63) is 29.3 Å². The predicted molar refractivity (Wildman–Crippen MR) is 66.0 cm³/mol. The van der Waals surface area contributed by atoms with E-state index >= 15 is 0 Å². The number of aromatic nitrogens is 1. The number of halogens is 1. The molecule has 0 amide bonds. The van der Waals surface area contributed by atoms with Crippen molar-refractivity contribution < 1.29 is 4.39 Å². The Morgan fingerprint density at radius 1 is 1.24 bits per heavy atom. The second-order valence-corrected chi connectivity index (χ2v) is 4.28. The highest BCUT2D eigenvalue weighted by molar-refractivity contribution is 5.27. The first-order chi connectivity index (χ1) is 8.27. The lowest BCUT2D eigenvalue weighted by Gasteiger charge is -2.02. The van der Waals surface area contributed by atoms with Crippen LogP contribution in [0, 0.1) is 17.1 Å². The zero-order chi connectivity index (χ0) is 12.5. The van der Waals surface area contributed by atoms with Crippen molar-refractivity contribution in [3.8, 4) is 6.07 Å². The number of unbranched alkanes of at least 4 members (excludes halogenated alkanes) is 5. The number of hydrogen-bond donors (Lipinski definition) is 0. The predicted octanol–water partition coefficient (Wildman–Crippen LogP) is 4.00.